The van der Waals surface area contributed by atoms with Gasteiger partial charge in [0.15, 0.2) is 5.82 Å². The molecule has 106 valence electrons. The van der Waals surface area contributed by atoms with Crippen molar-refractivity contribution in [3.63, 3.8) is 0 Å². The van der Waals surface area contributed by atoms with E-state index in [0.717, 1.165) is 10.0 Å². The Bertz CT molecular complexity index is 592. The molecule has 0 saturated carbocycles. The van der Waals surface area contributed by atoms with Crippen molar-refractivity contribution in [1.82, 2.24) is 20.2 Å². The van der Waals surface area contributed by atoms with E-state index in [9.17, 15) is 5.11 Å². The van der Waals surface area contributed by atoms with Crippen LogP contribution in [0, 0.1) is 5.41 Å². The average Bonchev–Trinajstić information content (AvgIpc) is 2.81. The molecule has 1 aromatic heterocycles. The van der Waals surface area contributed by atoms with Crippen LogP contribution >= 0.6 is 15.9 Å². The number of aromatic nitrogens is 4. The Balaban J connectivity index is 1.67. The monoisotopic (exact) mass is 338 g/mol. The van der Waals surface area contributed by atoms with Gasteiger partial charge in [-0.1, -0.05) is 28.1 Å². The highest BCUT2D eigenvalue weighted by atomic mass is 79.9. The van der Waals surface area contributed by atoms with Crippen LogP contribution in [0.15, 0.2) is 28.7 Å². The molecule has 0 atom stereocenters. The first-order chi connectivity index (χ1) is 9.69. The number of halogens is 1. The number of ether oxygens (including phenoxy) is 1. The van der Waals surface area contributed by atoms with Crippen molar-refractivity contribution < 1.29 is 9.84 Å². The van der Waals surface area contributed by atoms with Gasteiger partial charge in [0, 0.05) is 10.9 Å². The second kappa shape index (κ2) is 5.59. The summed E-state index contributed by atoms with van der Waals surface area (Å²) in [6.07, 6.45) is 0.641. The molecule has 3 rings (SSSR count). The molecule has 1 N–H and O–H groups in total. The van der Waals surface area contributed by atoms with E-state index in [2.05, 4.69) is 31.3 Å². The summed E-state index contributed by atoms with van der Waals surface area (Å²) < 4.78 is 6.20. The molecule has 1 aromatic carbocycles. The molecule has 1 fully saturated rings. The van der Waals surface area contributed by atoms with E-state index in [0.29, 0.717) is 32.0 Å². The smallest absolute Gasteiger partial charge is 0.179 e. The van der Waals surface area contributed by atoms with E-state index < -0.39 is 0 Å². The predicted molar refractivity (Wildman–Crippen MR) is 75.1 cm³/mol. The highest BCUT2D eigenvalue weighted by Crippen LogP contribution is 2.28. The molecule has 6 nitrogen and oxygen atoms in total. The number of nitrogens with zero attached hydrogens (tertiary/aromatic N) is 4. The highest BCUT2D eigenvalue weighted by molar-refractivity contribution is 9.10. The summed E-state index contributed by atoms with van der Waals surface area (Å²) in [5.74, 6) is 0.677. The molecule has 2 heterocycles. The minimum absolute atomic E-state index is 0.0789. The Morgan fingerprint density at radius 2 is 2.25 bits per heavy atom. The van der Waals surface area contributed by atoms with Crippen LogP contribution < -0.4 is 0 Å². The van der Waals surface area contributed by atoms with E-state index in [-0.39, 0.29) is 12.0 Å². The summed E-state index contributed by atoms with van der Waals surface area (Å²) in [6.45, 7) is 1.71. The van der Waals surface area contributed by atoms with Crippen molar-refractivity contribution in [2.24, 2.45) is 5.41 Å². The third kappa shape index (κ3) is 2.89. The topological polar surface area (TPSA) is 73.1 Å². The Morgan fingerprint density at radius 1 is 1.40 bits per heavy atom. The van der Waals surface area contributed by atoms with Gasteiger partial charge in [0.1, 0.15) is 0 Å². The molecule has 0 unspecified atom stereocenters. The fraction of sp³-hybridized carbons (Fsp3) is 0.462. The first-order valence-corrected chi connectivity index (χ1v) is 7.18. The minimum Gasteiger partial charge on any atom is -0.396 e. The molecular weight excluding hydrogens is 324 g/mol. The largest absolute Gasteiger partial charge is 0.396 e. The number of aliphatic hydroxyl groups is 1. The molecule has 0 radical (unpaired) electrons. The SMILES string of the molecule is OCC1(Cn2nnc(Cc3cccc(Br)c3)n2)COC1. The first-order valence-electron chi connectivity index (χ1n) is 6.39. The van der Waals surface area contributed by atoms with Crippen LogP contribution in [0.4, 0.5) is 0 Å². The van der Waals surface area contributed by atoms with Crippen LogP contribution in [-0.2, 0) is 17.7 Å². The molecule has 0 spiro atoms. The molecule has 20 heavy (non-hydrogen) atoms. The fourth-order valence-electron chi connectivity index (χ4n) is 2.17. The van der Waals surface area contributed by atoms with E-state index >= 15 is 0 Å². The highest BCUT2D eigenvalue weighted by Gasteiger charge is 2.39. The third-order valence-corrected chi connectivity index (χ3v) is 3.87. The summed E-state index contributed by atoms with van der Waals surface area (Å²) in [4.78, 5) is 1.55. The van der Waals surface area contributed by atoms with Crippen molar-refractivity contribution >= 4 is 15.9 Å². The van der Waals surface area contributed by atoms with Crippen LogP contribution in [0.3, 0.4) is 0 Å². The quantitative estimate of drug-likeness (QED) is 0.881. The Labute approximate surface area is 124 Å². The molecule has 1 aliphatic heterocycles. The van der Waals surface area contributed by atoms with Gasteiger partial charge in [-0.25, -0.2) is 0 Å². The van der Waals surface area contributed by atoms with Crippen LogP contribution in [0.2, 0.25) is 0 Å². The van der Waals surface area contributed by atoms with Crippen LogP contribution in [0.25, 0.3) is 0 Å². The number of tetrazole rings is 1. The van der Waals surface area contributed by atoms with Gasteiger partial charge in [0.25, 0.3) is 0 Å². The summed E-state index contributed by atoms with van der Waals surface area (Å²) in [5, 5.41) is 21.9. The number of hydrogen-bond acceptors (Lipinski definition) is 5. The third-order valence-electron chi connectivity index (χ3n) is 3.37. The van der Waals surface area contributed by atoms with E-state index in [1.165, 1.54) is 0 Å². The number of rotatable bonds is 5. The lowest BCUT2D eigenvalue weighted by atomic mass is 9.87. The van der Waals surface area contributed by atoms with Crippen LogP contribution in [0.1, 0.15) is 11.4 Å². The van der Waals surface area contributed by atoms with Gasteiger partial charge in [-0.2, -0.15) is 4.80 Å². The van der Waals surface area contributed by atoms with E-state index in [1.807, 2.05) is 24.3 Å². The van der Waals surface area contributed by atoms with Gasteiger partial charge in [-0.05, 0) is 22.9 Å². The van der Waals surface area contributed by atoms with Crippen LogP contribution in [0.5, 0.6) is 0 Å². The summed E-state index contributed by atoms with van der Waals surface area (Å²) in [7, 11) is 0. The molecule has 2 aromatic rings. The van der Waals surface area contributed by atoms with Crippen molar-refractivity contribution in [1.29, 1.82) is 0 Å². The van der Waals surface area contributed by atoms with Crippen LogP contribution in [-0.4, -0.2) is 45.1 Å². The summed E-state index contributed by atoms with van der Waals surface area (Å²) >= 11 is 3.44. The van der Waals surface area contributed by atoms with Crippen molar-refractivity contribution in [2.75, 3.05) is 19.8 Å². The van der Waals surface area contributed by atoms with Gasteiger partial charge >= 0.3 is 0 Å². The van der Waals surface area contributed by atoms with Gasteiger partial charge < -0.3 is 9.84 Å². The molecule has 0 bridgehead atoms. The Kier molecular flexibility index (Phi) is 3.82. The normalized spacial score (nSPS) is 16.9. The molecule has 0 aliphatic carbocycles. The summed E-state index contributed by atoms with van der Waals surface area (Å²) in [6, 6.07) is 8.03. The molecule has 7 heteroatoms. The maximum absolute atomic E-state index is 9.40. The molecule has 0 amide bonds. The standard InChI is InChI=1S/C13H15BrN4O2/c14-11-3-1-2-10(4-11)5-12-15-17-18(16-12)6-13(7-19)8-20-9-13/h1-4,19H,5-9H2. The Hall–Kier alpha value is -1.31. The maximum Gasteiger partial charge on any atom is 0.179 e. The molecular formula is C13H15BrN4O2. The van der Waals surface area contributed by atoms with Crippen molar-refractivity contribution in [2.45, 2.75) is 13.0 Å². The van der Waals surface area contributed by atoms with E-state index in [4.69, 9.17) is 4.74 Å². The zero-order chi connectivity index (χ0) is 14.0. The fourth-order valence-corrected chi connectivity index (χ4v) is 2.61. The van der Waals surface area contributed by atoms with Gasteiger partial charge in [0.2, 0.25) is 0 Å². The Morgan fingerprint density at radius 3 is 2.90 bits per heavy atom. The predicted octanol–water partition coefficient (Wildman–Crippen LogP) is 1.04. The minimum atomic E-state index is -0.242. The second-order valence-corrected chi connectivity index (χ2v) is 6.11. The van der Waals surface area contributed by atoms with Gasteiger partial charge in [0.05, 0.1) is 31.8 Å². The van der Waals surface area contributed by atoms with Crippen molar-refractivity contribution in [3.8, 4) is 0 Å². The summed E-state index contributed by atoms with van der Waals surface area (Å²) in [5.41, 5.74) is 0.885. The molecule has 1 saturated heterocycles. The number of benzene rings is 1. The zero-order valence-electron chi connectivity index (χ0n) is 10.9. The molecule has 1 aliphatic rings. The van der Waals surface area contributed by atoms with Gasteiger partial charge in [-0.3, -0.25) is 0 Å². The zero-order valence-corrected chi connectivity index (χ0v) is 12.5. The van der Waals surface area contributed by atoms with Gasteiger partial charge in [-0.15, -0.1) is 10.2 Å². The lowest BCUT2D eigenvalue weighted by Gasteiger charge is -2.38. The van der Waals surface area contributed by atoms with E-state index in [1.54, 1.807) is 4.80 Å². The maximum atomic E-state index is 9.40. The van der Waals surface area contributed by atoms with Crippen molar-refractivity contribution in [3.05, 3.63) is 40.1 Å². The number of hydrogen-bond donors (Lipinski definition) is 1. The first kappa shape index (κ1) is 13.7. The lowest BCUT2D eigenvalue weighted by molar-refractivity contribution is -0.147. The number of aliphatic hydroxyl groups excluding tert-OH is 1. The lowest BCUT2D eigenvalue weighted by Crippen LogP contribution is -2.49. The second-order valence-electron chi connectivity index (χ2n) is 5.19. The average molecular weight is 339 g/mol.